The molecule has 1 atom stereocenters. The highest BCUT2D eigenvalue weighted by atomic mass is 32.2. The zero-order valence-corrected chi connectivity index (χ0v) is 19.4. The van der Waals surface area contributed by atoms with Gasteiger partial charge in [-0.3, -0.25) is 5.21 Å². The van der Waals surface area contributed by atoms with Crippen LogP contribution in [-0.2, 0) is 0 Å². The number of hydrogen-bond donors (Lipinski definition) is 2. The van der Waals surface area contributed by atoms with E-state index in [1.165, 1.54) is 23.1 Å². The highest BCUT2D eigenvalue weighted by molar-refractivity contribution is 8.24. The lowest BCUT2D eigenvalue weighted by molar-refractivity contribution is -0.119. The highest BCUT2D eigenvalue weighted by Crippen LogP contribution is 2.42. The largest absolute Gasteiger partial charge is 0.343 e. The van der Waals surface area contributed by atoms with Gasteiger partial charge in [-0.25, -0.2) is 9.80 Å². The summed E-state index contributed by atoms with van der Waals surface area (Å²) >= 11 is 8.60. The Morgan fingerprint density at radius 3 is 2.62 bits per heavy atom. The van der Waals surface area contributed by atoms with E-state index in [1.807, 2.05) is 44.4 Å². The third-order valence-corrected chi connectivity index (χ3v) is 7.49. The lowest BCUT2D eigenvalue weighted by Crippen LogP contribution is -2.57. The van der Waals surface area contributed by atoms with E-state index in [0.717, 1.165) is 36.3 Å². The van der Waals surface area contributed by atoms with E-state index in [1.54, 1.807) is 23.0 Å². The Bertz CT molecular complexity index is 763. The summed E-state index contributed by atoms with van der Waals surface area (Å²) in [5.41, 5.74) is 0.926. The van der Waals surface area contributed by atoms with Crippen molar-refractivity contribution in [2.45, 2.75) is 67.8 Å². The standard InChI is InChI=1S/C20H28N4O2S3/c1-20(2)17(24(26)18(25)22-15-7-5-4-6-8-15)23(19(27)29-20)21-13-14-9-11-16(28-3)12-10-14/h9-13,15,17,26H,4-8H2,1-3H3,(H,22,25). The Balaban J connectivity index is 1.74. The van der Waals surface area contributed by atoms with Gasteiger partial charge in [0.1, 0.15) is 0 Å². The van der Waals surface area contributed by atoms with E-state index in [4.69, 9.17) is 12.2 Å². The van der Waals surface area contributed by atoms with Crippen LogP contribution in [-0.4, -0.2) is 55.1 Å². The van der Waals surface area contributed by atoms with Crippen LogP contribution in [0.3, 0.4) is 0 Å². The summed E-state index contributed by atoms with van der Waals surface area (Å²) in [6.07, 6.45) is 8.38. The van der Waals surface area contributed by atoms with Gasteiger partial charge in [-0.15, -0.1) is 11.8 Å². The maximum absolute atomic E-state index is 12.7. The molecule has 6 nitrogen and oxygen atoms in total. The average molecular weight is 453 g/mol. The molecule has 29 heavy (non-hydrogen) atoms. The molecule has 3 rings (SSSR count). The fraction of sp³-hybridized carbons (Fsp3) is 0.550. The summed E-state index contributed by atoms with van der Waals surface area (Å²) in [6.45, 7) is 3.91. The summed E-state index contributed by atoms with van der Waals surface area (Å²) in [6, 6.07) is 7.63. The van der Waals surface area contributed by atoms with Crippen LogP contribution in [0.5, 0.6) is 0 Å². The average Bonchev–Trinajstić information content (AvgIpc) is 2.94. The molecule has 0 aromatic heterocycles. The lowest BCUT2D eigenvalue weighted by Gasteiger charge is -2.35. The Morgan fingerprint density at radius 1 is 1.34 bits per heavy atom. The van der Waals surface area contributed by atoms with Crippen molar-refractivity contribution in [1.29, 1.82) is 0 Å². The third-order valence-electron chi connectivity index (χ3n) is 5.21. The predicted octanol–water partition coefficient (Wildman–Crippen LogP) is 4.91. The number of nitrogens with zero attached hydrogens (tertiary/aromatic N) is 3. The van der Waals surface area contributed by atoms with E-state index in [0.29, 0.717) is 4.32 Å². The fourth-order valence-electron chi connectivity index (χ4n) is 3.64. The molecule has 0 spiro atoms. The molecule has 1 unspecified atom stereocenters. The SMILES string of the molecule is CSc1ccc(C=NN2C(=S)SC(C)(C)C2N(O)C(=O)NC2CCCCC2)cc1. The minimum Gasteiger partial charge on any atom is -0.333 e. The summed E-state index contributed by atoms with van der Waals surface area (Å²) in [4.78, 5) is 13.9. The number of hydrazone groups is 1. The second-order valence-corrected chi connectivity index (χ2v) is 11.0. The first-order valence-corrected chi connectivity index (χ1v) is 12.3. The van der Waals surface area contributed by atoms with Gasteiger partial charge in [0.2, 0.25) is 0 Å². The fourth-order valence-corrected chi connectivity index (χ4v) is 5.84. The first-order valence-electron chi connectivity index (χ1n) is 9.80. The Labute approximate surface area is 186 Å². The van der Waals surface area contributed by atoms with Gasteiger partial charge in [0.15, 0.2) is 10.5 Å². The summed E-state index contributed by atoms with van der Waals surface area (Å²) in [5.74, 6) is 0. The van der Waals surface area contributed by atoms with Crippen LogP contribution in [0.15, 0.2) is 34.3 Å². The number of benzene rings is 1. The normalized spacial score (nSPS) is 22.3. The number of thiocarbonyl (C=S) groups is 1. The zero-order valence-electron chi connectivity index (χ0n) is 17.0. The van der Waals surface area contributed by atoms with Gasteiger partial charge in [-0.05, 0) is 50.6 Å². The van der Waals surface area contributed by atoms with Gasteiger partial charge in [-0.1, -0.05) is 55.4 Å². The minimum absolute atomic E-state index is 0.113. The Morgan fingerprint density at radius 2 is 2.00 bits per heavy atom. The lowest BCUT2D eigenvalue weighted by atomic mass is 9.96. The number of nitrogens with one attached hydrogen (secondary N) is 1. The van der Waals surface area contributed by atoms with Gasteiger partial charge in [0.25, 0.3) is 0 Å². The van der Waals surface area contributed by atoms with Gasteiger partial charge < -0.3 is 5.32 Å². The molecule has 2 N–H and O–H groups in total. The van der Waals surface area contributed by atoms with E-state index >= 15 is 0 Å². The smallest absolute Gasteiger partial charge is 0.333 e. The number of hydroxylamine groups is 2. The molecular weight excluding hydrogens is 424 g/mol. The maximum Gasteiger partial charge on any atom is 0.343 e. The van der Waals surface area contributed by atoms with Crippen molar-refractivity contribution in [2.75, 3.05) is 6.26 Å². The first-order chi connectivity index (χ1) is 13.8. The van der Waals surface area contributed by atoms with Crippen LogP contribution < -0.4 is 5.32 Å². The molecule has 158 valence electrons. The van der Waals surface area contributed by atoms with Gasteiger partial charge >= 0.3 is 6.03 Å². The van der Waals surface area contributed by atoms with Gasteiger partial charge in [-0.2, -0.15) is 10.2 Å². The molecular formula is C20H28N4O2S3. The molecule has 2 fully saturated rings. The topological polar surface area (TPSA) is 68.2 Å². The second-order valence-electron chi connectivity index (χ2n) is 7.84. The predicted molar refractivity (Wildman–Crippen MR) is 125 cm³/mol. The molecule has 2 amide bonds. The highest BCUT2D eigenvalue weighted by Gasteiger charge is 2.50. The van der Waals surface area contributed by atoms with Crippen molar-refractivity contribution >= 4 is 52.3 Å². The van der Waals surface area contributed by atoms with E-state index in [-0.39, 0.29) is 6.04 Å². The minimum atomic E-state index is -0.690. The summed E-state index contributed by atoms with van der Waals surface area (Å²) < 4.78 is 0.0250. The van der Waals surface area contributed by atoms with Crippen molar-refractivity contribution in [1.82, 2.24) is 15.4 Å². The molecule has 1 heterocycles. The number of amides is 2. The number of carbonyl (C=O) groups excluding carboxylic acids is 1. The molecule has 1 aromatic rings. The van der Waals surface area contributed by atoms with Crippen LogP contribution in [0.4, 0.5) is 4.79 Å². The quantitative estimate of drug-likeness (QED) is 0.217. The maximum atomic E-state index is 12.7. The first kappa shape index (κ1) is 22.4. The molecule has 1 saturated heterocycles. The molecule has 1 aliphatic heterocycles. The summed E-state index contributed by atoms with van der Waals surface area (Å²) in [7, 11) is 0. The molecule has 1 aliphatic carbocycles. The molecule has 0 radical (unpaired) electrons. The monoisotopic (exact) mass is 452 g/mol. The number of carbonyl (C=O) groups is 1. The Kier molecular flexibility index (Phi) is 7.47. The van der Waals surface area contributed by atoms with Crippen molar-refractivity contribution in [3.63, 3.8) is 0 Å². The van der Waals surface area contributed by atoms with Gasteiger partial charge in [0.05, 0.1) is 11.0 Å². The van der Waals surface area contributed by atoms with Crippen LogP contribution in [0.1, 0.15) is 51.5 Å². The Hall–Kier alpha value is -1.29. The molecule has 9 heteroatoms. The number of hydrogen-bond acceptors (Lipinski definition) is 6. The van der Waals surface area contributed by atoms with Crippen LogP contribution >= 0.6 is 35.7 Å². The van der Waals surface area contributed by atoms with E-state index in [9.17, 15) is 10.0 Å². The van der Waals surface area contributed by atoms with Crippen LogP contribution in [0.2, 0.25) is 0 Å². The van der Waals surface area contributed by atoms with Crippen molar-refractivity contribution < 1.29 is 10.0 Å². The second kappa shape index (κ2) is 9.68. The third kappa shape index (κ3) is 5.45. The number of urea groups is 1. The molecule has 1 aromatic carbocycles. The molecule has 0 bridgehead atoms. The number of thioether (sulfide) groups is 2. The van der Waals surface area contributed by atoms with Crippen molar-refractivity contribution in [3.05, 3.63) is 29.8 Å². The molecule has 1 saturated carbocycles. The number of rotatable bonds is 5. The zero-order chi connectivity index (χ0) is 21.0. The molecule has 2 aliphatic rings. The van der Waals surface area contributed by atoms with Crippen LogP contribution in [0, 0.1) is 0 Å². The van der Waals surface area contributed by atoms with Crippen molar-refractivity contribution in [2.24, 2.45) is 5.10 Å². The van der Waals surface area contributed by atoms with Crippen LogP contribution in [0.25, 0.3) is 0 Å². The summed E-state index contributed by atoms with van der Waals surface area (Å²) in [5, 5.41) is 20.6. The van der Waals surface area contributed by atoms with E-state index < -0.39 is 16.9 Å². The van der Waals surface area contributed by atoms with Crippen molar-refractivity contribution in [3.8, 4) is 0 Å². The van der Waals surface area contributed by atoms with Gasteiger partial charge in [0, 0.05) is 10.9 Å². The van der Waals surface area contributed by atoms with E-state index in [2.05, 4.69) is 10.4 Å².